The third-order valence-corrected chi connectivity index (χ3v) is 3.26. The third-order valence-electron chi connectivity index (χ3n) is 3.26. The summed E-state index contributed by atoms with van der Waals surface area (Å²) in [5, 5.41) is 14.2. The predicted octanol–water partition coefficient (Wildman–Crippen LogP) is 0.548. The Balaban J connectivity index is 2.48. The Kier molecular flexibility index (Phi) is 5.79. The highest BCUT2D eigenvalue weighted by Gasteiger charge is 2.28. The molecule has 0 spiro atoms. The van der Waals surface area contributed by atoms with Crippen LogP contribution in [0.4, 0.5) is 4.79 Å². The minimum Gasteiger partial charge on any atom is -0.481 e. The molecule has 0 aliphatic heterocycles. The van der Waals surface area contributed by atoms with Gasteiger partial charge in [0, 0.05) is 18.6 Å². The highest BCUT2D eigenvalue weighted by molar-refractivity contribution is 5.87. The van der Waals surface area contributed by atoms with Gasteiger partial charge in [-0.05, 0) is 33.6 Å². The van der Waals surface area contributed by atoms with Crippen LogP contribution in [0.2, 0.25) is 0 Å². The third kappa shape index (κ3) is 5.07. The zero-order valence-electron chi connectivity index (χ0n) is 12.2. The number of nitrogens with zero attached hydrogens (tertiary/aromatic N) is 1. The van der Waals surface area contributed by atoms with Crippen LogP contribution in [-0.2, 0) is 9.59 Å². The molecule has 0 bridgehead atoms. The average Bonchev–Trinajstić information content (AvgIpc) is 3.12. The number of carboxylic acid groups (broad SMARTS) is 1. The van der Waals surface area contributed by atoms with E-state index in [1.807, 2.05) is 0 Å². The fraction of sp³-hybridized carbons (Fsp3) is 0.769. The SMILES string of the molecule is CCN(C(=O)NC(C)C(=O)NC1CC1)C(C)CC(=O)O. The summed E-state index contributed by atoms with van der Waals surface area (Å²) in [5.41, 5.74) is 0. The number of carboxylic acids is 1. The Labute approximate surface area is 118 Å². The number of hydrogen-bond acceptors (Lipinski definition) is 3. The summed E-state index contributed by atoms with van der Waals surface area (Å²) in [5.74, 6) is -1.16. The maximum absolute atomic E-state index is 12.1. The number of aliphatic carboxylic acids is 1. The van der Waals surface area contributed by atoms with Crippen LogP contribution in [-0.4, -0.2) is 52.6 Å². The molecule has 7 heteroatoms. The summed E-state index contributed by atoms with van der Waals surface area (Å²) < 4.78 is 0. The summed E-state index contributed by atoms with van der Waals surface area (Å²) in [6, 6.07) is -1.22. The normalized spacial score (nSPS) is 16.9. The lowest BCUT2D eigenvalue weighted by atomic mass is 10.2. The van der Waals surface area contributed by atoms with Crippen molar-refractivity contribution in [2.24, 2.45) is 0 Å². The van der Waals surface area contributed by atoms with Crippen molar-refractivity contribution in [1.82, 2.24) is 15.5 Å². The van der Waals surface area contributed by atoms with Crippen molar-refractivity contribution in [1.29, 1.82) is 0 Å². The van der Waals surface area contributed by atoms with Crippen molar-refractivity contribution in [2.45, 2.75) is 58.2 Å². The molecule has 20 heavy (non-hydrogen) atoms. The molecular formula is C13H23N3O4. The van der Waals surface area contributed by atoms with E-state index in [2.05, 4.69) is 10.6 Å². The number of hydrogen-bond donors (Lipinski definition) is 3. The first-order chi connectivity index (χ1) is 9.35. The van der Waals surface area contributed by atoms with Crippen molar-refractivity contribution in [3.8, 4) is 0 Å². The molecular weight excluding hydrogens is 262 g/mol. The second-order valence-corrected chi connectivity index (χ2v) is 5.19. The van der Waals surface area contributed by atoms with E-state index in [0.717, 1.165) is 12.8 Å². The molecule has 1 aliphatic carbocycles. The van der Waals surface area contributed by atoms with Gasteiger partial charge in [-0.15, -0.1) is 0 Å². The van der Waals surface area contributed by atoms with E-state index in [4.69, 9.17) is 5.11 Å². The van der Waals surface area contributed by atoms with Gasteiger partial charge in [-0.3, -0.25) is 9.59 Å². The molecule has 1 fully saturated rings. The molecule has 1 aliphatic rings. The zero-order chi connectivity index (χ0) is 15.3. The van der Waals surface area contributed by atoms with Crippen LogP contribution in [0.5, 0.6) is 0 Å². The van der Waals surface area contributed by atoms with E-state index in [1.54, 1.807) is 20.8 Å². The molecule has 0 aromatic carbocycles. The summed E-state index contributed by atoms with van der Waals surface area (Å²) in [7, 11) is 0. The molecule has 0 aromatic rings. The lowest BCUT2D eigenvalue weighted by Gasteiger charge is -2.28. The average molecular weight is 285 g/mol. The van der Waals surface area contributed by atoms with E-state index >= 15 is 0 Å². The van der Waals surface area contributed by atoms with Gasteiger partial charge in [0.15, 0.2) is 0 Å². The van der Waals surface area contributed by atoms with E-state index in [0.29, 0.717) is 6.54 Å². The Hall–Kier alpha value is -1.79. The largest absolute Gasteiger partial charge is 0.481 e. The molecule has 3 amide bonds. The summed E-state index contributed by atoms with van der Waals surface area (Å²) >= 11 is 0. The quantitative estimate of drug-likeness (QED) is 0.636. The first kappa shape index (κ1) is 16.3. The maximum atomic E-state index is 12.1. The molecule has 0 aromatic heterocycles. The second kappa shape index (κ2) is 7.12. The summed E-state index contributed by atoms with van der Waals surface area (Å²) in [4.78, 5) is 35.9. The van der Waals surface area contributed by atoms with Gasteiger partial charge in [-0.2, -0.15) is 0 Å². The Morgan fingerprint density at radius 2 is 1.90 bits per heavy atom. The molecule has 114 valence electrons. The monoisotopic (exact) mass is 285 g/mol. The lowest BCUT2D eigenvalue weighted by Crippen LogP contribution is -2.52. The highest BCUT2D eigenvalue weighted by Crippen LogP contribution is 2.18. The number of rotatable bonds is 7. The van der Waals surface area contributed by atoms with E-state index in [1.165, 1.54) is 4.90 Å². The smallest absolute Gasteiger partial charge is 0.318 e. The molecule has 2 unspecified atom stereocenters. The van der Waals surface area contributed by atoms with Crippen LogP contribution in [0.3, 0.4) is 0 Å². The maximum Gasteiger partial charge on any atom is 0.318 e. The molecule has 1 rings (SSSR count). The van der Waals surface area contributed by atoms with Crippen LogP contribution in [0.25, 0.3) is 0 Å². The van der Waals surface area contributed by atoms with Crippen LogP contribution >= 0.6 is 0 Å². The van der Waals surface area contributed by atoms with Crippen molar-refractivity contribution in [3.05, 3.63) is 0 Å². The van der Waals surface area contributed by atoms with Crippen LogP contribution in [0, 0.1) is 0 Å². The minimum atomic E-state index is -0.955. The molecule has 0 saturated heterocycles. The second-order valence-electron chi connectivity index (χ2n) is 5.19. The van der Waals surface area contributed by atoms with Gasteiger partial charge >= 0.3 is 12.0 Å². The minimum absolute atomic E-state index is 0.121. The Morgan fingerprint density at radius 1 is 1.30 bits per heavy atom. The molecule has 0 radical (unpaired) electrons. The van der Waals surface area contributed by atoms with Crippen LogP contribution in [0.15, 0.2) is 0 Å². The van der Waals surface area contributed by atoms with Gasteiger partial charge in [0.1, 0.15) is 6.04 Å². The van der Waals surface area contributed by atoms with Gasteiger partial charge in [0.05, 0.1) is 6.42 Å². The van der Waals surface area contributed by atoms with Crippen molar-refractivity contribution >= 4 is 17.9 Å². The van der Waals surface area contributed by atoms with E-state index < -0.39 is 24.1 Å². The fourth-order valence-corrected chi connectivity index (χ4v) is 1.91. The first-order valence-electron chi connectivity index (χ1n) is 6.94. The summed E-state index contributed by atoms with van der Waals surface area (Å²) in [6.07, 6.45) is 1.86. The molecule has 3 N–H and O–H groups in total. The number of carbonyl (C=O) groups is 3. The van der Waals surface area contributed by atoms with Crippen molar-refractivity contribution < 1.29 is 19.5 Å². The lowest BCUT2D eigenvalue weighted by molar-refractivity contribution is -0.138. The number of nitrogens with one attached hydrogen (secondary N) is 2. The zero-order valence-corrected chi connectivity index (χ0v) is 12.2. The highest BCUT2D eigenvalue weighted by atomic mass is 16.4. The van der Waals surface area contributed by atoms with Crippen molar-refractivity contribution in [2.75, 3.05) is 6.54 Å². The predicted molar refractivity (Wildman–Crippen MR) is 73.3 cm³/mol. The molecule has 0 heterocycles. The topological polar surface area (TPSA) is 98.7 Å². The van der Waals surface area contributed by atoms with Gasteiger partial charge < -0.3 is 20.6 Å². The van der Waals surface area contributed by atoms with Crippen molar-refractivity contribution in [3.63, 3.8) is 0 Å². The van der Waals surface area contributed by atoms with Crippen LogP contribution in [0.1, 0.15) is 40.0 Å². The molecule has 1 saturated carbocycles. The van der Waals surface area contributed by atoms with Gasteiger partial charge in [-0.25, -0.2) is 4.79 Å². The number of urea groups is 1. The first-order valence-corrected chi connectivity index (χ1v) is 6.94. The number of carbonyl (C=O) groups excluding carboxylic acids is 2. The van der Waals surface area contributed by atoms with E-state index in [9.17, 15) is 14.4 Å². The van der Waals surface area contributed by atoms with E-state index in [-0.39, 0.29) is 18.4 Å². The van der Waals surface area contributed by atoms with Gasteiger partial charge in [-0.1, -0.05) is 0 Å². The Morgan fingerprint density at radius 3 is 2.35 bits per heavy atom. The summed E-state index contributed by atoms with van der Waals surface area (Å²) in [6.45, 7) is 5.45. The number of amides is 3. The molecule has 2 atom stereocenters. The van der Waals surface area contributed by atoms with Gasteiger partial charge in [0.25, 0.3) is 0 Å². The Bertz CT molecular complexity index is 382. The van der Waals surface area contributed by atoms with Crippen LogP contribution < -0.4 is 10.6 Å². The van der Waals surface area contributed by atoms with Gasteiger partial charge in [0.2, 0.25) is 5.91 Å². The standard InChI is InChI=1S/C13H23N3O4/c1-4-16(8(2)7-11(17)18)13(20)14-9(3)12(19)15-10-5-6-10/h8-10H,4-7H2,1-3H3,(H,14,20)(H,15,19)(H,17,18). The molecule has 7 nitrogen and oxygen atoms in total. The fourth-order valence-electron chi connectivity index (χ4n) is 1.91.